The van der Waals surface area contributed by atoms with Gasteiger partial charge in [0.2, 0.25) is 0 Å². The van der Waals surface area contributed by atoms with Crippen LogP contribution in [-0.4, -0.2) is 47.7 Å². The van der Waals surface area contributed by atoms with Gasteiger partial charge in [0.05, 0.1) is 13.2 Å². The lowest BCUT2D eigenvalue weighted by Gasteiger charge is -2.00. The van der Waals surface area contributed by atoms with Crippen LogP contribution >= 0.6 is 11.6 Å². The molecular formula is C29H48ClNO5. The molecule has 0 amide bonds. The van der Waals surface area contributed by atoms with Crippen LogP contribution in [0.1, 0.15) is 90.9 Å². The Kier molecular flexibility index (Phi) is 32.8. The number of ether oxygens (including phenoxy) is 2. The van der Waals surface area contributed by atoms with E-state index in [1.165, 1.54) is 39.5 Å². The summed E-state index contributed by atoms with van der Waals surface area (Å²) >= 11 is 5.53. The zero-order chi connectivity index (χ0) is 27.0. The SMILES string of the molecule is CC(=O)OCCCCCC/C=C\CCCl.CC(=O)OCCCCCC/C=C\CCO.c1ccncc1. The number of allylic oxidation sites excluding steroid dienone is 3. The Morgan fingerprint density at radius 1 is 0.694 bits per heavy atom. The number of aromatic nitrogens is 1. The zero-order valence-electron chi connectivity index (χ0n) is 22.4. The first-order chi connectivity index (χ1) is 17.5. The van der Waals surface area contributed by atoms with Crippen molar-refractivity contribution in [2.75, 3.05) is 25.7 Å². The highest BCUT2D eigenvalue weighted by Gasteiger charge is 1.93. The van der Waals surface area contributed by atoms with Crippen molar-refractivity contribution < 1.29 is 24.2 Å². The summed E-state index contributed by atoms with van der Waals surface area (Å²) in [6.07, 6.45) is 24.8. The van der Waals surface area contributed by atoms with Crippen LogP contribution in [0.2, 0.25) is 0 Å². The van der Waals surface area contributed by atoms with Crippen LogP contribution in [-0.2, 0) is 19.1 Å². The number of aliphatic hydroxyl groups is 1. The van der Waals surface area contributed by atoms with Gasteiger partial charge in [-0.3, -0.25) is 14.6 Å². The summed E-state index contributed by atoms with van der Waals surface area (Å²) in [5, 5.41) is 8.52. The first kappa shape index (κ1) is 36.0. The Bertz CT molecular complexity index is 571. The minimum atomic E-state index is -0.193. The quantitative estimate of drug-likeness (QED) is 0.0943. The number of halogens is 1. The standard InChI is InChI=1S/C12H21ClO2.C12H22O3.C5H5N/c2*1-12(14)15-11-9-7-5-3-2-4-6-8-10-13;1-2-4-6-5-3-1/h4,6H,2-3,5,7-11H2,1H3;4,6,13H,2-3,5,7-11H2,1H3;1-5H/b2*6-4-;. The summed E-state index contributed by atoms with van der Waals surface area (Å²) in [5.41, 5.74) is 0. The summed E-state index contributed by atoms with van der Waals surface area (Å²) in [6.45, 7) is 4.24. The number of hydrogen-bond donors (Lipinski definition) is 1. The summed E-state index contributed by atoms with van der Waals surface area (Å²) < 4.78 is 9.65. The van der Waals surface area contributed by atoms with Gasteiger partial charge in [-0.2, -0.15) is 0 Å². The Morgan fingerprint density at radius 2 is 1.14 bits per heavy atom. The number of hydrogen-bond acceptors (Lipinski definition) is 6. The van der Waals surface area contributed by atoms with Gasteiger partial charge in [-0.25, -0.2) is 0 Å². The number of alkyl halides is 1. The number of unbranched alkanes of at least 4 members (excludes halogenated alkanes) is 8. The predicted molar refractivity (Wildman–Crippen MR) is 149 cm³/mol. The molecule has 206 valence electrons. The number of rotatable bonds is 18. The lowest BCUT2D eigenvalue weighted by molar-refractivity contribution is -0.142. The van der Waals surface area contributed by atoms with Crippen molar-refractivity contribution in [1.82, 2.24) is 4.98 Å². The first-order valence-corrected chi connectivity index (χ1v) is 13.7. The molecular weight excluding hydrogens is 478 g/mol. The van der Waals surface area contributed by atoms with Gasteiger partial charge in [-0.15, -0.1) is 11.6 Å². The molecule has 0 aromatic carbocycles. The van der Waals surface area contributed by atoms with Gasteiger partial charge < -0.3 is 14.6 Å². The van der Waals surface area contributed by atoms with Crippen molar-refractivity contribution >= 4 is 23.5 Å². The third-order valence-corrected chi connectivity index (χ3v) is 4.83. The molecule has 1 rings (SSSR count). The van der Waals surface area contributed by atoms with E-state index in [-0.39, 0.29) is 18.5 Å². The lowest BCUT2D eigenvalue weighted by Crippen LogP contribution is -1.99. The maximum atomic E-state index is 10.4. The van der Waals surface area contributed by atoms with Crippen LogP contribution in [0.3, 0.4) is 0 Å². The summed E-state index contributed by atoms with van der Waals surface area (Å²) in [4.78, 5) is 24.6. The number of pyridine rings is 1. The minimum absolute atomic E-state index is 0.181. The molecule has 0 radical (unpaired) electrons. The zero-order valence-corrected chi connectivity index (χ0v) is 23.2. The fraction of sp³-hybridized carbons (Fsp3) is 0.621. The van der Waals surface area contributed by atoms with Gasteiger partial charge >= 0.3 is 11.9 Å². The largest absolute Gasteiger partial charge is 0.466 e. The molecule has 0 bridgehead atoms. The van der Waals surface area contributed by atoms with Crippen LogP contribution in [0, 0.1) is 0 Å². The van der Waals surface area contributed by atoms with Crippen LogP contribution < -0.4 is 0 Å². The van der Waals surface area contributed by atoms with Crippen molar-refractivity contribution in [2.45, 2.75) is 90.9 Å². The normalized spacial score (nSPS) is 10.3. The monoisotopic (exact) mass is 525 g/mol. The van der Waals surface area contributed by atoms with E-state index in [1.54, 1.807) is 12.4 Å². The molecule has 0 unspecified atom stereocenters. The van der Waals surface area contributed by atoms with Crippen molar-refractivity contribution in [1.29, 1.82) is 0 Å². The predicted octanol–water partition coefficient (Wildman–Crippen LogP) is 7.21. The minimum Gasteiger partial charge on any atom is -0.466 e. The highest BCUT2D eigenvalue weighted by molar-refractivity contribution is 6.17. The average molecular weight is 526 g/mol. The molecule has 0 aliphatic heterocycles. The van der Waals surface area contributed by atoms with E-state index in [0.29, 0.717) is 19.1 Å². The molecule has 0 fully saturated rings. The fourth-order valence-electron chi connectivity index (χ4n) is 2.79. The van der Waals surface area contributed by atoms with E-state index in [2.05, 4.69) is 23.2 Å². The van der Waals surface area contributed by atoms with Crippen molar-refractivity contribution in [3.63, 3.8) is 0 Å². The van der Waals surface area contributed by atoms with E-state index in [4.69, 9.17) is 26.2 Å². The second-order valence-corrected chi connectivity index (χ2v) is 8.42. The number of esters is 2. The third-order valence-electron chi connectivity index (χ3n) is 4.61. The smallest absolute Gasteiger partial charge is 0.302 e. The van der Waals surface area contributed by atoms with Gasteiger partial charge in [-0.1, -0.05) is 56.1 Å². The molecule has 36 heavy (non-hydrogen) atoms. The van der Waals surface area contributed by atoms with Gasteiger partial charge in [0.25, 0.3) is 0 Å². The van der Waals surface area contributed by atoms with E-state index < -0.39 is 0 Å². The van der Waals surface area contributed by atoms with Crippen LogP contribution in [0.25, 0.3) is 0 Å². The van der Waals surface area contributed by atoms with Gasteiger partial charge in [0.15, 0.2) is 0 Å². The molecule has 1 N–H and O–H groups in total. The summed E-state index contributed by atoms with van der Waals surface area (Å²) in [5.74, 6) is 0.333. The molecule has 0 spiro atoms. The summed E-state index contributed by atoms with van der Waals surface area (Å²) in [6, 6.07) is 5.72. The maximum Gasteiger partial charge on any atom is 0.302 e. The van der Waals surface area contributed by atoms with Crippen LogP contribution in [0.5, 0.6) is 0 Å². The molecule has 0 aliphatic carbocycles. The Morgan fingerprint density at radius 3 is 1.50 bits per heavy atom. The molecule has 6 nitrogen and oxygen atoms in total. The maximum absolute atomic E-state index is 10.4. The fourth-order valence-corrected chi connectivity index (χ4v) is 2.91. The Hall–Kier alpha value is -2.18. The number of aliphatic hydroxyl groups excluding tert-OH is 1. The first-order valence-electron chi connectivity index (χ1n) is 13.1. The topological polar surface area (TPSA) is 85.7 Å². The second kappa shape index (κ2) is 32.8. The second-order valence-electron chi connectivity index (χ2n) is 8.04. The van der Waals surface area contributed by atoms with Crippen molar-refractivity contribution in [3.8, 4) is 0 Å². The van der Waals surface area contributed by atoms with Gasteiger partial charge in [0.1, 0.15) is 0 Å². The molecule has 0 atom stereocenters. The van der Waals surface area contributed by atoms with Crippen LogP contribution in [0.15, 0.2) is 54.9 Å². The lowest BCUT2D eigenvalue weighted by atomic mass is 10.1. The van der Waals surface area contributed by atoms with Gasteiger partial charge in [0, 0.05) is 38.7 Å². The Labute approximate surface area is 224 Å². The van der Waals surface area contributed by atoms with Crippen molar-refractivity contribution in [2.24, 2.45) is 0 Å². The van der Waals surface area contributed by atoms with E-state index in [0.717, 1.165) is 51.4 Å². The summed E-state index contributed by atoms with van der Waals surface area (Å²) in [7, 11) is 0. The molecule has 1 aromatic rings. The van der Waals surface area contributed by atoms with Gasteiger partial charge in [-0.05, 0) is 63.5 Å². The number of carbonyl (C=O) groups is 2. The molecule has 0 saturated carbocycles. The number of carbonyl (C=O) groups excluding carboxylic acids is 2. The molecule has 1 aromatic heterocycles. The highest BCUT2D eigenvalue weighted by atomic mass is 35.5. The third kappa shape index (κ3) is 39.1. The molecule has 0 saturated heterocycles. The van der Waals surface area contributed by atoms with E-state index in [1.807, 2.05) is 24.3 Å². The average Bonchev–Trinajstić information content (AvgIpc) is 2.88. The highest BCUT2D eigenvalue weighted by Crippen LogP contribution is 2.05. The van der Waals surface area contributed by atoms with E-state index in [9.17, 15) is 9.59 Å². The van der Waals surface area contributed by atoms with Crippen molar-refractivity contribution in [3.05, 3.63) is 54.9 Å². The van der Waals surface area contributed by atoms with Crippen LogP contribution in [0.4, 0.5) is 0 Å². The number of nitrogens with zero attached hydrogens (tertiary/aromatic N) is 1. The van der Waals surface area contributed by atoms with E-state index >= 15 is 0 Å². The molecule has 7 heteroatoms. The molecule has 0 aliphatic rings. The molecule has 1 heterocycles. The Balaban J connectivity index is 0.